The zero-order chi connectivity index (χ0) is 19.3. The van der Waals surface area contributed by atoms with Crippen LogP contribution in [0.2, 0.25) is 0 Å². The average Bonchev–Trinajstić information content (AvgIpc) is 2.53. The fraction of sp³-hybridized carbons (Fsp3) is 0.278. The molecule has 0 heterocycles. The Morgan fingerprint density at radius 3 is 2.00 bits per heavy atom. The van der Waals surface area contributed by atoms with Gasteiger partial charge in [0.15, 0.2) is 5.75 Å². The van der Waals surface area contributed by atoms with Gasteiger partial charge >= 0.3 is 0 Å². The van der Waals surface area contributed by atoms with E-state index in [1.54, 1.807) is 6.92 Å². The first-order valence-electron chi connectivity index (χ1n) is 7.79. The number of benzene rings is 2. The third-order valence-corrected chi connectivity index (χ3v) is 6.50. The number of halogens is 4. The number of rotatable bonds is 8. The molecule has 0 bridgehead atoms. The topological polar surface area (TPSA) is 61.5 Å². The summed E-state index contributed by atoms with van der Waals surface area (Å²) < 4.78 is 16.0. The van der Waals surface area contributed by atoms with Crippen LogP contribution in [0, 0.1) is 14.3 Å². The van der Waals surface area contributed by atoms with Crippen molar-refractivity contribution in [3.8, 4) is 17.2 Å². The smallest absolute Gasteiger partial charge is 0.154 e. The molecule has 2 rings (SSSR count). The molecule has 2 N–H and O–H groups in total. The molecule has 2 aromatic rings. The molecule has 0 unspecified atom stereocenters. The highest BCUT2D eigenvalue weighted by molar-refractivity contribution is 14.1. The maximum atomic E-state index is 11.4. The summed E-state index contributed by atoms with van der Waals surface area (Å²) in [5.74, 6) is 2.59. The van der Waals surface area contributed by atoms with Crippen molar-refractivity contribution in [2.24, 2.45) is 5.73 Å². The third kappa shape index (κ3) is 6.58. The molecule has 0 saturated heterocycles. The molecule has 26 heavy (non-hydrogen) atoms. The zero-order valence-electron chi connectivity index (χ0n) is 14.0. The standard InChI is InChI=1S/C18H17I4NO3/c1-10(24)5-11-6-13(19)18(14(20)7-11)26-12-8-15(21)17(16(22)9-12)25-4-2-3-23/h6-9H,2-5,23H2,1H3. The fourth-order valence-electron chi connectivity index (χ4n) is 2.21. The molecule has 140 valence electrons. The van der Waals surface area contributed by atoms with Crippen molar-refractivity contribution in [3.05, 3.63) is 44.1 Å². The van der Waals surface area contributed by atoms with Gasteiger partial charge in [-0.2, -0.15) is 0 Å². The van der Waals surface area contributed by atoms with E-state index in [9.17, 15) is 4.79 Å². The van der Waals surface area contributed by atoms with Crippen LogP contribution in [-0.2, 0) is 11.2 Å². The van der Waals surface area contributed by atoms with Crippen LogP contribution < -0.4 is 15.2 Å². The van der Waals surface area contributed by atoms with Crippen molar-refractivity contribution in [2.75, 3.05) is 13.2 Å². The highest BCUT2D eigenvalue weighted by atomic mass is 127. The van der Waals surface area contributed by atoms with Gasteiger partial charge in [0.05, 0.1) is 20.9 Å². The minimum absolute atomic E-state index is 0.152. The summed E-state index contributed by atoms with van der Waals surface area (Å²) in [5, 5.41) is 0. The van der Waals surface area contributed by atoms with E-state index >= 15 is 0 Å². The molecular formula is C18H17I4NO3. The number of nitrogens with two attached hydrogens (primary N) is 1. The second-order valence-electron chi connectivity index (χ2n) is 5.58. The van der Waals surface area contributed by atoms with Crippen molar-refractivity contribution < 1.29 is 14.3 Å². The van der Waals surface area contributed by atoms with Gasteiger partial charge in [0.1, 0.15) is 17.3 Å². The van der Waals surface area contributed by atoms with Gasteiger partial charge in [0, 0.05) is 6.42 Å². The summed E-state index contributed by atoms with van der Waals surface area (Å²) in [7, 11) is 0. The molecule has 0 aliphatic carbocycles. The maximum Gasteiger partial charge on any atom is 0.154 e. The van der Waals surface area contributed by atoms with Crippen LogP contribution in [0.25, 0.3) is 0 Å². The number of hydrogen-bond donors (Lipinski definition) is 1. The van der Waals surface area contributed by atoms with Crippen molar-refractivity contribution in [1.82, 2.24) is 0 Å². The van der Waals surface area contributed by atoms with Crippen LogP contribution in [-0.4, -0.2) is 18.9 Å². The van der Waals surface area contributed by atoms with Gasteiger partial charge < -0.3 is 15.2 Å². The van der Waals surface area contributed by atoms with E-state index in [0.29, 0.717) is 19.6 Å². The second-order valence-corrected chi connectivity index (χ2v) is 10.2. The van der Waals surface area contributed by atoms with Crippen LogP contribution in [0.4, 0.5) is 0 Å². The molecule has 0 radical (unpaired) electrons. The first-order chi connectivity index (χ1) is 12.3. The Kier molecular flexibility index (Phi) is 9.63. The third-order valence-electron chi connectivity index (χ3n) is 3.30. The lowest BCUT2D eigenvalue weighted by atomic mass is 10.1. The molecule has 0 saturated carbocycles. The van der Waals surface area contributed by atoms with Gasteiger partial charge in [-0.1, -0.05) is 0 Å². The first kappa shape index (κ1) is 22.9. The normalized spacial score (nSPS) is 10.7. The molecule has 2 aromatic carbocycles. The van der Waals surface area contributed by atoms with Crippen LogP contribution in [0.3, 0.4) is 0 Å². The van der Waals surface area contributed by atoms with Gasteiger partial charge in [-0.05, 0) is 140 Å². The van der Waals surface area contributed by atoms with Crippen molar-refractivity contribution >= 4 is 96.1 Å². The van der Waals surface area contributed by atoms with Gasteiger partial charge in [-0.3, -0.25) is 4.79 Å². The average molecular weight is 803 g/mol. The van der Waals surface area contributed by atoms with Gasteiger partial charge in [-0.25, -0.2) is 0 Å². The summed E-state index contributed by atoms with van der Waals surface area (Å²) >= 11 is 9.02. The van der Waals surface area contributed by atoms with Gasteiger partial charge in [0.25, 0.3) is 0 Å². The lowest BCUT2D eigenvalue weighted by molar-refractivity contribution is -0.116. The van der Waals surface area contributed by atoms with E-state index < -0.39 is 0 Å². The number of ether oxygens (including phenoxy) is 2. The largest absolute Gasteiger partial charge is 0.491 e. The Balaban J connectivity index is 2.24. The second kappa shape index (κ2) is 11.0. The minimum atomic E-state index is 0.152. The van der Waals surface area contributed by atoms with Crippen LogP contribution >= 0.6 is 90.4 Å². The molecule has 8 heteroatoms. The Morgan fingerprint density at radius 2 is 1.50 bits per heavy atom. The number of ketones is 1. The highest BCUT2D eigenvalue weighted by Gasteiger charge is 2.14. The molecule has 0 aliphatic rings. The zero-order valence-corrected chi connectivity index (χ0v) is 22.6. The number of carbonyl (C=O) groups is 1. The molecule has 0 atom stereocenters. The predicted molar refractivity (Wildman–Crippen MR) is 137 cm³/mol. The van der Waals surface area contributed by atoms with E-state index in [0.717, 1.165) is 43.5 Å². The lowest BCUT2D eigenvalue weighted by Gasteiger charge is -2.15. The number of hydrogen-bond acceptors (Lipinski definition) is 4. The minimum Gasteiger partial charge on any atom is -0.491 e. The van der Waals surface area contributed by atoms with Crippen LogP contribution in [0.5, 0.6) is 17.2 Å². The van der Waals surface area contributed by atoms with E-state index in [1.165, 1.54) is 0 Å². The number of carbonyl (C=O) groups excluding carboxylic acids is 1. The first-order valence-corrected chi connectivity index (χ1v) is 12.1. The summed E-state index contributed by atoms with van der Waals surface area (Å²) in [6.45, 7) is 2.83. The predicted octanol–water partition coefficient (Wildman–Crippen LogP) is 5.76. The monoisotopic (exact) mass is 803 g/mol. The Morgan fingerprint density at radius 1 is 0.962 bits per heavy atom. The van der Waals surface area contributed by atoms with Crippen molar-refractivity contribution in [2.45, 2.75) is 19.8 Å². The molecule has 0 fully saturated rings. The molecule has 0 aromatic heterocycles. The van der Waals surface area contributed by atoms with E-state index in [1.807, 2.05) is 24.3 Å². The molecule has 0 aliphatic heterocycles. The summed E-state index contributed by atoms with van der Waals surface area (Å²) in [4.78, 5) is 11.4. The maximum absolute atomic E-state index is 11.4. The summed E-state index contributed by atoms with van der Waals surface area (Å²) in [6, 6.07) is 7.94. The Labute approximate surface area is 207 Å². The molecule has 0 spiro atoms. The highest BCUT2D eigenvalue weighted by Crippen LogP contribution is 2.37. The summed E-state index contributed by atoms with van der Waals surface area (Å²) in [5.41, 5.74) is 6.53. The van der Waals surface area contributed by atoms with E-state index in [2.05, 4.69) is 90.4 Å². The summed E-state index contributed by atoms with van der Waals surface area (Å²) in [6.07, 6.45) is 1.27. The van der Waals surface area contributed by atoms with Gasteiger partial charge in [-0.15, -0.1) is 0 Å². The Hall–Kier alpha value is 0.590. The van der Waals surface area contributed by atoms with Gasteiger partial charge in [0.2, 0.25) is 0 Å². The van der Waals surface area contributed by atoms with Crippen molar-refractivity contribution in [3.63, 3.8) is 0 Å². The number of Topliss-reactive ketones (excluding diaryl/α,β-unsaturated/α-hetero) is 1. The SMILES string of the molecule is CC(=O)Cc1cc(I)c(Oc2cc(I)c(OCCCN)c(I)c2)c(I)c1. The fourth-order valence-corrected chi connectivity index (χ4v) is 6.35. The van der Waals surface area contributed by atoms with Crippen LogP contribution in [0.15, 0.2) is 24.3 Å². The molecular weight excluding hydrogens is 786 g/mol. The molecule has 4 nitrogen and oxygen atoms in total. The molecule has 0 amide bonds. The lowest BCUT2D eigenvalue weighted by Crippen LogP contribution is -2.07. The van der Waals surface area contributed by atoms with Crippen molar-refractivity contribution in [1.29, 1.82) is 0 Å². The quantitative estimate of drug-likeness (QED) is 0.273. The van der Waals surface area contributed by atoms with Crippen LogP contribution in [0.1, 0.15) is 18.9 Å². The van der Waals surface area contributed by atoms with E-state index in [-0.39, 0.29) is 5.78 Å². The Bertz CT molecular complexity index is 765. The van der Waals surface area contributed by atoms with E-state index in [4.69, 9.17) is 15.2 Å².